The average molecular weight is 217 g/mol. The second-order valence-electron chi connectivity index (χ2n) is 4.22. The van der Waals surface area contributed by atoms with Gasteiger partial charge in [0.25, 0.3) is 0 Å². The first kappa shape index (κ1) is 12.8. The summed E-state index contributed by atoms with van der Waals surface area (Å²) >= 11 is 0. The van der Waals surface area contributed by atoms with Gasteiger partial charge in [-0.05, 0) is 39.2 Å². The molecule has 0 heterocycles. The zero-order valence-corrected chi connectivity index (χ0v) is 11.0. The van der Waals surface area contributed by atoms with E-state index in [2.05, 4.69) is 63.1 Å². The molecule has 1 aliphatic carbocycles. The Kier molecular flexibility index (Phi) is 5.10. The fourth-order valence-corrected chi connectivity index (χ4v) is 1.75. The molecule has 0 aromatic rings. The molecule has 0 amide bonds. The van der Waals surface area contributed by atoms with Gasteiger partial charge in [0.15, 0.2) is 0 Å². The van der Waals surface area contributed by atoms with Crippen LogP contribution in [0.3, 0.4) is 0 Å². The highest BCUT2D eigenvalue weighted by Crippen LogP contribution is 2.20. The molecule has 0 spiro atoms. The van der Waals surface area contributed by atoms with Crippen molar-refractivity contribution in [3.63, 3.8) is 0 Å². The van der Waals surface area contributed by atoms with Gasteiger partial charge in [0.2, 0.25) is 0 Å². The molecule has 1 nitrogen and oxygen atoms in total. The van der Waals surface area contributed by atoms with Crippen molar-refractivity contribution >= 4 is 0 Å². The third kappa shape index (κ3) is 3.41. The summed E-state index contributed by atoms with van der Waals surface area (Å²) in [5.41, 5.74) is 4.11. The Morgan fingerprint density at radius 2 is 2.19 bits per heavy atom. The van der Waals surface area contributed by atoms with Crippen LogP contribution in [0.25, 0.3) is 0 Å². The maximum Gasteiger partial charge on any atom is 0.0398 e. The zero-order valence-electron chi connectivity index (χ0n) is 11.0. The van der Waals surface area contributed by atoms with Gasteiger partial charge < -0.3 is 4.90 Å². The summed E-state index contributed by atoms with van der Waals surface area (Å²) in [4.78, 5) is 2.34. The van der Waals surface area contributed by atoms with Gasteiger partial charge in [-0.15, -0.1) is 0 Å². The van der Waals surface area contributed by atoms with Crippen molar-refractivity contribution in [2.75, 3.05) is 6.54 Å². The summed E-state index contributed by atoms with van der Waals surface area (Å²) in [6.07, 6.45) is 13.2. The van der Waals surface area contributed by atoms with Gasteiger partial charge in [0, 0.05) is 18.4 Å². The van der Waals surface area contributed by atoms with E-state index in [1.807, 2.05) is 0 Å². The van der Waals surface area contributed by atoms with Crippen LogP contribution in [0, 0.1) is 0 Å². The predicted octanol–water partition coefficient (Wildman–Crippen LogP) is 4.41. The van der Waals surface area contributed by atoms with Gasteiger partial charge >= 0.3 is 0 Å². The largest absolute Gasteiger partial charge is 0.348 e. The van der Waals surface area contributed by atoms with Gasteiger partial charge in [-0.3, -0.25) is 0 Å². The fourth-order valence-electron chi connectivity index (χ4n) is 1.75. The molecule has 0 saturated heterocycles. The Hall–Kier alpha value is -1.24. The van der Waals surface area contributed by atoms with Crippen molar-refractivity contribution < 1.29 is 0 Å². The van der Waals surface area contributed by atoms with Crippen LogP contribution in [0.15, 0.2) is 47.3 Å². The topological polar surface area (TPSA) is 3.24 Å². The van der Waals surface area contributed by atoms with E-state index in [9.17, 15) is 0 Å². The fraction of sp³-hybridized carbons (Fsp3) is 0.467. The lowest BCUT2D eigenvalue weighted by Crippen LogP contribution is -2.17. The second kappa shape index (κ2) is 6.37. The lowest BCUT2D eigenvalue weighted by Gasteiger charge is -2.23. The van der Waals surface area contributed by atoms with E-state index < -0.39 is 0 Å². The first-order valence-corrected chi connectivity index (χ1v) is 6.16. The van der Waals surface area contributed by atoms with Gasteiger partial charge in [-0.25, -0.2) is 0 Å². The standard InChI is InChI=1S/C15H23N/c1-5-13(3)12-16(6-2)15-11-9-7-8-10-14(15)4/h7-8,10-12H,5-6,9H2,1-4H3. The average Bonchev–Trinajstić information content (AvgIpc) is 2.50. The normalized spacial score (nSPS) is 16.6. The number of hydrogen-bond acceptors (Lipinski definition) is 1. The molecule has 1 rings (SSSR count). The second-order valence-corrected chi connectivity index (χ2v) is 4.22. The Bertz CT molecular complexity index is 342. The zero-order chi connectivity index (χ0) is 12.0. The maximum absolute atomic E-state index is 2.34. The number of rotatable bonds is 4. The van der Waals surface area contributed by atoms with Crippen molar-refractivity contribution in [1.82, 2.24) is 4.90 Å². The van der Waals surface area contributed by atoms with Crippen LogP contribution in [0.1, 0.15) is 40.5 Å². The quantitative estimate of drug-likeness (QED) is 0.674. The van der Waals surface area contributed by atoms with E-state index in [1.54, 1.807) is 0 Å². The van der Waals surface area contributed by atoms with E-state index in [0.717, 1.165) is 19.4 Å². The van der Waals surface area contributed by atoms with Crippen molar-refractivity contribution in [3.8, 4) is 0 Å². The molecule has 0 fully saturated rings. The maximum atomic E-state index is 2.34. The van der Waals surface area contributed by atoms with E-state index in [1.165, 1.54) is 16.8 Å². The number of hydrogen-bond donors (Lipinski definition) is 0. The molecule has 1 aliphatic rings. The SMILES string of the molecule is CCC(C)=CN(CC)C1=CCC=CC=C1C. The number of nitrogens with zero attached hydrogens (tertiary/aromatic N) is 1. The minimum atomic E-state index is 1.02. The Labute approximate surface area is 99.8 Å². The van der Waals surface area contributed by atoms with E-state index in [-0.39, 0.29) is 0 Å². The van der Waals surface area contributed by atoms with E-state index in [4.69, 9.17) is 0 Å². The molecule has 0 radical (unpaired) electrons. The highest BCUT2D eigenvalue weighted by atomic mass is 15.1. The Morgan fingerprint density at radius 1 is 1.44 bits per heavy atom. The molecule has 0 atom stereocenters. The lowest BCUT2D eigenvalue weighted by atomic mass is 10.1. The van der Waals surface area contributed by atoms with Crippen molar-refractivity contribution in [2.24, 2.45) is 0 Å². The summed E-state index contributed by atoms with van der Waals surface area (Å²) in [5, 5.41) is 0. The minimum absolute atomic E-state index is 1.02. The van der Waals surface area contributed by atoms with Gasteiger partial charge in [0.1, 0.15) is 0 Å². The summed E-state index contributed by atoms with van der Waals surface area (Å²) in [6, 6.07) is 0. The van der Waals surface area contributed by atoms with Gasteiger partial charge in [-0.2, -0.15) is 0 Å². The van der Waals surface area contributed by atoms with Crippen molar-refractivity contribution in [3.05, 3.63) is 47.3 Å². The molecule has 16 heavy (non-hydrogen) atoms. The lowest BCUT2D eigenvalue weighted by molar-refractivity contribution is 0.492. The molecule has 0 N–H and O–H groups in total. The van der Waals surface area contributed by atoms with Crippen molar-refractivity contribution in [1.29, 1.82) is 0 Å². The molecule has 0 aromatic heterocycles. The summed E-state index contributed by atoms with van der Waals surface area (Å²) in [6.45, 7) is 9.79. The molecule has 0 unspecified atom stereocenters. The van der Waals surface area contributed by atoms with Crippen molar-refractivity contribution in [2.45, 2.75) is 40.5 Å². The van der Waals surface area contributed by atoms with E-state index in [0.29, 0.717) is 0 Å². The van der Waals surface area contributed by atoms with Crippen LogP contribution in [-0.2, 0) is 0 Å². The van der Waals surface area contributed by atoms with E-state index >= 15 is 0 Å². The molecule has 0 aliphatic heterocycles. The molecular weight excluding hydrogens is 194 g/mol. The highest BCUT2D eigenvalue weighted by molar-refractivity contribution is 5.35. The van der Waals surface area contributed by atoms with Crippen LogP contribution in [-0.4, -0.2) is 11.4 Å². The summed E-state index contributed by atoms with van der Waals surface area (Å²) < 4.78 is 0. The molecule has 0 aromatic carbocycles. The molecule has 0 bridgehead atoms. The van der Waals surface area contributed by atoms with Gasteiger partial charge in [-0.1, -0.05) is 36.8 Å². The van der Waals surface area contributed by atoms with Crippen LogP contribution < -0.4 is 0 Å². The summed E-state index contributed by atoms with van der Waals surface area (Å²) in [7, 11) is 0. The predicted molar refractivity (Wildman–Crippen MR) is 72.0 cm³/mol. The molecule has 0 saturated carbocycles. The summed E-state index contributed by atoms with van der Waals surface area (Å²) in [5.74, 6) is 0. The first-order chi connectivity index (χ1) is 7.69. The Balaban J connectivity index is 2.92. The highest BCUT2D eigenvalue weighted by Gasteiger charge is 2.07. The van der Waals surface area contributed by atoms with Gasteiger partial charge in [0.05, 0.1) is 0 Å². The van der Waals surface area contributed by atoms with Crippen LogP contribution >= 0.6 is 0 Å². The third-order valence-corrected chi connectivity index (χ3v) is 2.92. The molecular formula is C15H23N. The smallest absolute Gasteiger partial charge is 0.0398 e. The molecule has 1 heteroatoms. The van der Waals surface area contributed by atoms with Crippen LogP contribution in [0.2, 0.25) is 0 Å². The first-order valence-electron chi connectivity index (χ1n) is 6.16. The third-order valence-electron chi connectivity index (χ3n) is 2.92. The molecule has 88 valence electrons. The number of likely N-dealkylation sites (N-methyl/N-ethyl adjacent to an activating group) is 1. The number of allylic oxidation sites excluding steroid dienone is 6. The monoisotopic (exact) mass is 217 g/mol. The Morgan fingerprint density at radius 3 is 2.81 bits per heavy atom. The van der Waals surface area contributed by atoms with Crippen LogP contribution in [0.4, 0.5) is 0 Å². The minimum Gasteiger partial charge on any atom is -0.348 e. The van der Waals surface area contributed by atoms with Crippen LogP contribution in [0.5, 0.6) is 0 Å².